The molecule has 0 spiro atoms. The molecular formula is C13H18O4. The number of carbonyl (C=O) groups is 1. The molecule has 94 valence electrons. The molecule has 0 aliphatic carbocycles. The molecule has 0 aromatic carbocycles. The lowest BCUT2D eigenvalue weighted by atomic mass is 9.98. The van der Waals surface area contributed by atoms with E-state index in [9.17, 15) is 4.79 Å². The van der Waals surface area contributed by atoms with Crippen molar-refractivity contribution in [3.8, 4) is 0 Å². The second-order valence-electron chi connectivity index (χ2n) is 4.77. The van der Waals surface area contributed by atoms with Crippen molar-refractivity contribution < 1.29 is 18.7 Å². The van der Waals surface area contributed by atoms with Gasteiger partial charge in [-0.15, -0.1) is 0 Å². The first-order valence-corrected chi connectivity index (χ1v) is 5.96. The maximum Gasteiger partial charge on any atom is 0.197 e. The molecule has 1 fully saturated rings. The van der Waals surface area contributed by atoms with Gasteiger partial charge in [-0.1, -0.05) is 0 Å². The largest absolute Gasteiger partial charge is 0.472 e. The molecule has 0 saturated carbocycles. The molecule has 4 nitrogen and oxygen atoms in total. The minimum atomic E-state index is -0.883. The summed E-state index contributed by atoms with van der Waals surface area (Å²) in [5.41, 5.74) is -0.350. The van der Waals surface area contributed by atoms with Crippen LogP contribution in [0.15, 0.2) is 23.0 Å². The van der Waals surface area contributed by atoms with Crippen LogP contribution in [0.25, 0.3) is 0 Å². The second-order valence-corrected chi connectivity index (χ2v) is 4.77. The van der Waals surface area contributed by atoms with Crippen LogP contribution >= 0.6 is 0 Å². The van der Waals surface area contributed by atoms with Crippen LogP contribution in [0.5, 0.6) is 0 Å². The van der Waals surface area contributed by atoms with E-state index in [4.69, 9.17) is 13.9 Å². The van der Waals surface area contributed by atoms with Crippen molar-refractivity contribution in [2.75, 3.05) is 6.61 Å². The highest BCUT2D eigenvalue weighted by Crippen LogP contribution is 2.24. The molecule has 1 unspecified atom stereocenters. The molecule has 1 aliphatic heterocycles. The Morgan fingerprint density at radius 3 is 2.88 bits per heavy atom. The van der Waals surface area contributed by atoms with Gasteiger partial charge in [-0.2, -0.15) is 0 Å². The number of hydrogen-bond acceptors (Lipinski definition) is 4. The molecule has 0 amide bonds. The fraction of sp³-hybridized carbons (Fsp3) is 0.615. The first-order chi connectivity index (χ1) is 8.09. The number of furan rings is 1. The summed E-state index contributed by atoms with van der Waals surface area (Å²) in [6.45, 7) is 4.24. The Labute approximate surface area is 101 Å². The first kappa shape index (κ1) is 12.3. The topological polar surface area (TPSA) is 48.7 Å². The molecule has 17 heavy (non-hydrogen) atoms. The summed E-state index contributed by atoms with van der Waals surface area (Å²) in [5, 5.41) is 0. The highest BCUT2D eigenvalue weighted by molar-refractivity contribution is 6.01. The van der Waals surface area contributed by atoms with Crippen molar-refractivity contribution in [3.63, 3.8) is 0 Å². The van der Waals surface area contributed by atoms with Gasteiger partial charge in [-0.05, 0) is 39.2 Å². The Morgan fingerprint density at radius 2 is 2.29 bits per heavy atom. The van der Waals surface area contributed by atoms with Gasteiger partial charge in [0.2, 0.25) is 0 Å². The first-order valence-electron chi connectivity index (χ1n) is 5.96. The zero-order valence-electron chi connectivity index (χ0n) is 10.3. The molecule has 1 saturated heterocycles. The van der Waals surface area contributed by atoms with Gasteiger partial charge >= 0.3 is 0 Å². The molecule has 1 aliphatic rings. The fourth-order valence-corrected chi connectivity index (χ4v) is 1.93. The number of ketones is 1. The van der Waals surface area contributed by atoms with Gasteiger partial charge < -0.3 is 13.9 Å². The van der Waals surface area contributed by atoms with Gasteiger partial charge in [0.25, 0.3) is 0 Å². The molecule has 1 aromatic heterocycles. The molecular weight excluding hydrogens is 220 g/mol. The molecule has 1 atom stereocenters. The molecule has 0 N–H and O–H groups in total. The number of Topliss-reactive ketones (excluding diaryl/α,β-unsaturated/α-hetero) is 1. The molecule has 0 bridgehead atoms. The van der Waals surface area contributed by atoms with E-state index in [2.05, 4.69) is 0 Å². The van der Waals surface area contributed by atoms with Gasteiger partial charge in [-0.25, -0.2) is 0 Å². The van der Waals surface area contributed by atoms with Gasteiger partial charge in [0.15, 0.2) is 12.1 Å². The lowest BCUT2D eigenvalue weighted by Crippen LogP contribution is -2.40. The minimum Gasteiger partial charge on any atom is -0.472 e. The highest BCUT2D eigenvalue weighted by atomic mass is 16.7. The number of rotatable bonds is 4. The predicted octanol–water partition coefficient (Wildman–Crippen LogP) is 2.78. The zero-order valence-corrected chi connectivity index (χ0v) is 10.3. The van der Waals surface area contributed by atoms with Crippen molar-refractivity contribution >= 4 is 5.78 Å². The highest BCUT2D eigenvalue weighted by Gasteiger charge is 2.34. The molecule has 4 heteroatoms. The summed E-state index contributed by atoms with van der Waals surface area (Å²) < 4.78 is 16.1. The lowest BCUT2D eigenvalue weighted by molar-refractivity contribution is -0.200. The minimum absolute atomic E-state index is 0.0829. The summed E-state index contributed by atoms with van der Waals surface area (Å²) in [7, 11) is 0. The summed E-state index contributed by atoms with van der Waals surface area (Å²) >= 11 is 0. The van der Waals surface area contributed by atoms with Crippen LogP contribution in [0.4, 0.5) is 0 Å². The van der Waals surface area contributed by atoms with E-state index in [1.54, 1.807) is 19.9 Å². The van der Waals surface area contributed by atoms with E-state index in [0.717, 1.165) is 19.3 Å². The van der Waals surface area contributed by atoms with Crippen molar-refractivity contribution in [1.82, 2.24) is 0 Å². The maximum atomic E-state index is 12.2. The summed E-state index contributed by atoms with van der Waals surface area (Å²) in [4.78, 5) is 12.2. The average molecular weight is 238 g/mol. The lowest BCUT2D eigenvalue weighted by Gasteiger charge is -2.31. The Kier molecular flexibility index (Phi) is 3.64. The smallest absolute Gasteiger partial charge is 0.197 e. The third-order valence-corrected chi connectivity index (χ3v) is 2.89. The van der Waals surface area contributed by atoms with Gasteiger partial charge in [-0.3, -0.25) is 4.79 Å². The number of ether oxygens (including phenoxy) is 2. The van der Waals surface area contributed by atoms with Crippen molar-refractivity contribution in [3.05, 3.63) is 24.2 Å². The molecule has 2 heterocycles. The Balaban J connectivity index is 2.00. The van der Waals surface area contributed by atoms with Crippen LogP contribution < -0.4 is 0 Å². The van der Waals surface area contributed by atoms with Crippen LogP contribution in [0.2, 0.25) is 0 Å². The van der Waals surface area contributed by atoms with E-state index in [0.29, 0.717) is 12.2 Å². The fourth-order valence-electron chi connectivity index (χ4n) is 1.93. The van der Waals surface area contributed by atoms with Crippen LogP contribution in [0, 0.1) is 0 Å². The van der Waals surface area contributed by atoms with Crippen LogP contribution in [-0.4, -0.2) is 24.3 Å². The van der Waals surface area contributed by atoms with E-state index in [1.807, 2.05) is 0 Å². The standard InChI is InChI=1S/C13H18O4/c1-13(2,12(14)10-6-8-15-9-10)17-11-5-3-4-7-16-11/h6,8-9,11H,3-5,7H2,1-2H3. The quantitative estimate of drug-likeness (QED) is 0.757. The normalized spacial score (nSPS) is 21.4. The average Bonchev–Trinajstić information content (AvgIpc) is 2.82. The van der Waals surface area contributed by atoms with Crippen LogP contribution in [0.1, 0.15) is 43.5 Å². The van der Waals surface area contributed by atoms with Gasteiger partial charge in [0.05, 0.1) is 11.8 Å². The second kappa shape index (κ2) is 5.02. The van der Waals surface area contributed by atoms with Crippen molar-refractivity contribution in [2.45, 2.75) is 45.0 Å². The predicted molar refractivity (Wildman–Crippen MR) is 61.8 cm³/mol. The number of carbonyl (C=O) groups excluding carboxylic acids is 1. The maximum absolute atomic E-state index is 12.2. The molecule has 0 radical (unpaired) electrons. The van der Waals surface area contributed by atoms with Crippen LogP contribution in [-0.2, 0) is 9.47 Å². The summed E-state index contributed by atoms with van der Waals surface area (Å²) in [6.07, 6.45) is 5.66. The van der Waals surface area contributed by atoms with E-state index in [1.165, 1.54) is 12.5 Å². The van der Waals surface area contributed by atoms with Crippen molar-refractivity contribution in [1.29, 1.82) is 0 Å². The third-order valence-electron chi connectivity index (χ3n) is 2.89. The van der Waals surface area contributed by atoms with E-state index in [-0.39, 0.29) is 12.1 Å². The van der Waals surface area contributed by atoms with E-state index < -0.39 is 5.60 Å². The molecule has 1 aromatic rings. The monoisotopic (exact) mass is 238 g/mol. The zero-order chi connectivity index (χ0) is 12.3. The van der Waals surface area contributed by atoms with Crippen LogP contribution in [0.3, 0.4) is 0 Å². The van der Waals surface area contributed by atoms with E-state index >= 15 is 0 Å². The third kappa shape index (κ3) is 2.96. The number of hydrogen-bond donors (Lipinski definition) is 0. The Morgan fingerprint density at radius 1 is 1.47 bits per heavy atom. The summed E-state index contributed by atoms with van der Waals surface area (Å²) in [5.74, 6) is -0.0829. The summed E-state index contributed by atoms with van der Waals surface area (Å²) in [6, 6.07) is 1.65. The van der Waals surface area contributed by atoms with Gasteiger partial charge in [0.1, 0.15) is 11.9 Å². The Bertz CT molecular complexity index is 361. The Hall–Kier alpha value is -1.13. The van der Waals surface area contributed by atoms with Gasteiger partial charge in [0, 0.05) is 6.61 Å². The molecule has 2 rings (SSSR count). The SMILES string of the molecule is CC(C)(OC1CCCCO1)C(=O)c1ccoc1. The van der Waals surface area contributed by atoms with Crippen molar-refractivity contribution in [2.24, 2.45) is 0 Å².